The molecule has 0 spiro atoms. The van der Waals surface area contributed by atoms with Gasteiger partial charge in [0, 0.05) is 5.92 Å². The number of ether oxygens (including phenoxy) is 1. The smallest absolute Gasteiger partial charge is 0.0856 e. The molecule has 5 heteroatoms. The second-order valence-corrected chi connectivity index (χ2v) is 4.40. The van der Waals surface area contributed by atoms with Gasteiger partial charge in [0.15, 0.2) is 0 Å². The molecule has 0 saturated carbocycles. The fraction of sp³-hybridized carbons (Fsp3) is 0.800. The zero-order chi connectivity index (χ0) is 10.1. The average Bonchev–Trinajstić information content (AvgIpc) is 2.69. The van der Waals surface area contributed by atoms with Crippen molar-refractivity contribution in [2.24, 2.45) is 0 Å². The van der Waals surface area contributed by atoms with Crippen LogP contribution in [0.25, 0.3) is 0 Å². The van der Waals surface area contributed by atoms with E-state index in [4.69, 9.17) is 4.74 Å². The maximum Gasteiger partial charge on any atom is 0.0856 e. The van der Waals surface area contributed by atoms with E-state index in [0.717, 1.165) is 18.9 Å². The second-order valence-electron chi connectivity index (χ2n) is 4.40. The summed E-state index contributed by atoms with van der Waals surface area (Å²) in [5.74, 6) is 0.598. The van der Waals surface area contributed by atoms with Gasteiger partial charge < -0.3 is 4.74 Å². The maximum absolute atomic E-state index is 5.22. The predicted octanol–water partition coefficient (Wildman–Crippen LogP) is 0.383. The Morgan fingerprint density at radius 1 is 1.33 bits per heavy atom. The number of piperidine rings is 1. The molecule has 0 aromatic carbocycles. The standard InChI is InChI=1S/C10H16N4O/c1-3-14(9-6-15-7-9)4-2-8(1)10-5-11-13-12-10/h5,8-9H,1-4,6-7H2,(H,11,12,13). The highest BCUT2D eigenvalue weighted by Crippen LogP contribution is 2.27. The van der Waals surface area contributed by atoms with Gasteiger partial charge in [-0.15, -0.1) is 0 Å². The number of rotatable bonds is 2. The van der Waals surface area contributed by atoms with Crippen LogP contribution < -0.4 is 0 Å². The Kier molecular flexibility index (Phi) is 2.42. The number of H-pyrrole nitrogens is 1. The van der Waals surface area contributed by atoms with Crippen molar-refractivity contribution in [1.29, 1.82) is 0 Å². The second kappa shape index (κ2) is 3.90. The van der Waals surface area contributed by atoms with E-state index in [2.05, 4.69) is 20.3 Å². The molecule has 0 amide bonds. The first-order chi connectivity index (χ1) is 7.43. The maximum atomic E-state index is 5.22. The third kappa shape index (κ3) is 1.77. The topological polar surface area (TPSA) is 54.0 Å². The van der Waals surface area contributed by atoms with Crippen LogP contribution in [0.4, 0.5) is 0 Å². The molecule has 2 saturated heterocycles. The van der Waals surface area contributed by atoms with Crippen molar-refractivity contribution in [2.75, 3.05) is 26.3 Å². The molecule has 3 rings (SSSR count). The molecule has 0 unspecified atom stereocenters. The number of hydrogen-bond donors (Lipinski definition) is 1. The van der Waals surface area contributed by atoms with E-state index in [0.29, 0.717) is 12.0 Å². The van der Waals surface area contributed by atoms with Crippen LogP contribution in [-0.4, -0.2) is 52.7 Å². The lowest BCUT2D eigenvalue weighted by Crippen LogP contribution is -2.51. The zero-order valence-electron chi connectivity index (χ0n) is 8.72. The Balaban J connectivity index is 1.56. The van der Waals surface area contributed by atoms with Gasteiger partial charge in [-0.2, -0.15) is 15.4 Å². The number of aromatic nitrogens is 3. The predicted molar refractivity (Wildman–Crippen MR) is 54.5 cm³/mol. The Hall–Kier alpha value is -0.940. The number of nitrogens with zero attached hydrogens (tertiary/aromatic N) is 3. The van der Waals surface area contributed by atoms with Gasteiger partial charge in [-0.3, -0.25) is 4.90 Å². The Morgan fingerprint density at radius 3 is 2.67 bits per heavy atom. The number of nitrogens with one attached hydrogen (secondary N) is 1. The minimum absolute atomic E-state index is 0.598. The molecule has 1 aromatic rings. The first-order valence-electron chi connectivity index (χ1n) is 5.61. The van der Waals surface area contributed by atoms with Crippen LogP contribution in [0.15, 0.2) is 6.20 Å². The lowest BCUT2D eigenvalue weighted by molar-refractivity contribution is -0.0713. The van der Waals surface area contributed by atoms with Gasteiger partial charge in [-0.1, -0.05) is 0 Å². The van der Waals surface area contributed by atoms with Crippen LogP contribution in [0.1, 0.15) is 24.5 Å². The van der Waals surface area contributed by atoms with Crippen LogP contribution in [0.5, 0.6) is 0 Å². The van der Waals surface area contributed by atoms with E-state index < -0.39 is 0 Å². The van der Waals surface area contributed by atoms with Crippen LogP contribution in [-0.2, 0) is 4.74 Å². The van der Waals surface area contributed by atoms with Gasteiger partial charge >= 0.3 is 0 Å². The van der Waals surface area contributed by atoms with Crippen molar-refractivity contribution in [3.05, 3.63) is 11.9 Å². The van der Waals surface area contributed by atoms with Gasteiger partial charge in [0.05, 0.1) is 31.1 Å². The van der Waals surface area contributed by atoms with Crippen molar-refractivity contribution >= 4 is 0 Å². The van der Waals surface area contributed by atoms with Crippen LogP contribution >= 0.6 is 0 Å². The summed E-state index contributed by atoms with van der Waals surface area (Å²) >= 11 is 0. The summed E-state index contributed by atoms with van der Waals surface area (Å²) in [4.78, 5) is 2.54. The summed E-state index contributed by atoms with van der Waals surface area (Å²) in [6, 6.07) is 0.684. The van der Waals surface area contributed by atoms with E-state index in [1.54, 1.807) is 0 Å². The summed E-state index contributed by atoms with van der Waals surface area (Å²) in [5, 5.41) is 10.7. The molecule has 0 aliphatic carbocycles. The Labute approximate surface area is 88.8 Å². The van der Waals surface area contributed by atoms with Crippen molar-refractivity contribution in [1.82, 2.24) is 20.3 Å². The number of likely N-dealkylation sites (tertiary alicyclic amines) is 1. The molecule has 2 fully saturated rings. The molecule has 1 N–H and O–H groups in total. The minimum Gasteiger partial charge on any atom is -0.378 e. The van der Waals surface area contributed by atoms with E-state index in [1.165, 1.54) is 25.9 Å². The van der Waals surface area contributed by atoms with Gasteiger partial charge in [0.25, 0.3) is 0 Å². The molecule has 82 valence electrons. The van der Waals surface area contributed by atoms with Gasteiger partial charge in [-0.25, -0.2) is 0 Å². The summed E-state index contributed by atoms with van der Waals surface area (Å²) < 4.78 is 5.22. The summed E-state index contributed by atoms with van der Waals surface area (Å²) in [6.45, 7) is 4.19. The van der Waals surface area contributed by atoms with Crippen molar-refractivity contribution < 1.29 is 4.74 Å². The molecule has 0 bridgehead atoms. The Morgan fingerprint density at radius 2 is 2.13 bits per heavy atom. The van der Waals surface area contributed by atoms with Crippen LogP contribution in [0.3, 0.4) is 0 Å². The molecule has 1 aromatic heterocycles. The molecular formula is C10H16N4O. The Bertz CT molecular complexity index is 301. The first kappa shape index (κ1) is 9.30. The zero-order valence-corrected chi connectivity index (χ0v) is 8.72. The molecule has 3 heterocycles. The average molecular weight is 208 g/mol. The summed E-state index contributed by atoms with van der Waals surface area (Å²) in [5.41, 5.74) is 1.12. The van der Waals surface area contributed by atoms with E-state index in [1.807, 2.05) is 6.20 Å². The van der Waals surface area contributed by atoms with Crippen molar-refractivity contribution in [3.63, 3.8) is 0 Å². The first-order valence-corrected chi connectivity index (χ1v) is 5.61. The summed E-state index contributed by atoms with van der Waals surface area (Å²) in [7, 11) is 0. The van der Waals surface area contributed by atoms with Crippen LogP contribution in [0, 0.1) is 0 Å². The highest BCUT2D eigenvalue weighted by molar-refractivity contribution is 5.03. The summed E-state index contributed by atoms with van der Waals surface area (Å²) in [6.07, 6.45) is 4.25. The molecule has 2 aliphatic heterocycles. The quantitative estimate of drug-likeness (QED) is 0.763. The number of hydrogen-bond acceptors (Lipinski definition) is 4. The largest absolute Gasteiger partial charge is 0.378 e. The van der Waals surface area contributed by atoms with E-state index in [-0.39, 0.29) is 0 Å². The normalized spacial score (nSPS) is 25.3. The van der Waals surface area contributed by atoms with Gasteiger partial charge in [0.2, 0.25) is 0 Å². The molecular weight excluding hydrogens is 192 g/mol. The van der Waals surface area contributed by atoms with Crippen LogP contribution in [0.2, 0.25) is 0 Å². The monoisotopic (exact) mass is 208 g/mol. The third-order valence-electron chi connectivity index (χ3n) is 3.52. The van der Waals surface area contributed by atoms with Crippen molar-refractivity contribution in [3.8, 4) is 0 Å². The number of aromatic amines is 1. The SMILES string of the molecule is c1n[nH]nc1C1CCN(C2COC2)CC1. The molecule has 5 nitrogen and oxygen atoms in total. The molecule has 0 atom stereocenters. The fourth-order valence-electron chi connectivity index (χ4n) is 2.40. The molecule has 2 aliphatic rings. The molecule has 15 heavy (non-hydrogen) atoms. The van der Waals surface area contributed by atoms with Gasteiger partial charge in [0.1, 0.15) is 0 Å². The lowest BCUT2D eigenvalue weighted by atomic mass is 9.93. The van der Waals surface area contributed by atoms with Gasteiger partial charge in [-0.05, 0) is 25.9 Å². The highest BCUT2D eigenvalue weighted by atomic mass is 16.5. The minimum atomic E-state index is 0.598. The van der Waals surface area contributed by atoms with E-state index >= 15 is 0 Å². The van der Waals surface area contributed by atoms with Crippen molar-refractivity contribution in [2.45, 2.75) is 24.8 Å². The molecule has 0 radical (unpaired) electrons. The van der Waals surface area contributed by atoms with E-state index in [9.17, 15) is 0 Å². The fourth-order valence-corrected chi connectivity index (χ4v) is 2.40. The lowest BCUT2D eigenvalue weighted by Gasteiger charge is -2.41. The highest BCUT2D eigenvalue weighted by Gasteiger charge is 2.30. The third-order valence-corrected chi connectivity index (χ3v) is 3.52.